The van der Waals surface area contributed by atoms with Crippen molar-refractivity contribution in [3.8, 4) is 0 Å². The third-order valence-electron chi connectivity index (χ3n) is 13.0. The molecule has 2 saturated heterocycles. The maximum absolute atomic E-state index is 13.7. The largest absolute Gasteiger partial charge is 0.463 e. The summed E-state index contributed by atoms with van der Waals surface area (Å²) < 4.78 is 25.6. The van der Waals surface area contributed by atoms with Crippen molar-refractivity contribution in [2.24, 2.45) is 40.4 Å². The fourth-order valence-corrected chi connectivity index (χ4v) is 10.7. The molecule has 234 valence electrons. The standard InChI is InChI=1S/C36H48O7/c1-21-31-29(43-36(21)16-15-33(3,39)20-40-36)18-28-26-12-11-24-17-25(41-22(2)37)13-14-34(24,4)27(26)19-30(35(28,31)5)42-32(38)23-9-7-6-8-10-23/h6-10,18,21,24-27,29-31,39H,11-17,19-20H2,1-5H3/t21-,24-,25-,26+,27-,29-,30+,31-,33-,34-,35+,36+/m0/s1. The van der Waals surface area contributed by atoms with E-state index in [1.54, 1.807) is 0 Å². The highest BCUT2D eigenvalue weighted by Crippen LogP contribution is 2.70. The summed E-state index contributed by atoms with van der Waals surface area (Å²) in [6.45, 7) is 10.6. The highest BCUT2D eigenvalue weighted by molar-refractivity contribution is 5.89. The van der Waals surface area contributed by atoms with Gasteiger partial charge in [0.1, 0.15) is 12.2 Å². The molecule has 2 heterocycles. The second-order valence-electron chi connectivity index (χ2n) is 15.4. The number of ether oxygens (including phenoxy) is 4. The highest BCUT2D eigenvalue weighted by atomic mass is 16.7. The third kappa shape index (κ3) is 4.54. The molecule has 0 amide bonds. The maximum atomic E-state index is 13.7. The van der Waals surface area contributed by atoms with E-state index in [1.807, 2.05) is 37.3 Å². The van der Waals surface area contributed by atoms with E-state index in [9.17, 15) is 14.7 Å². The summed E-state index contributed by atoms with van der Waals surface area (Å²) in [5.41, 5.74) is 0.859. The van der Waals surface area contributed by atoms with E-state index in [1.165, 1.54) is 12.5 Å². The van der Waals surface area contributed by atoms with Crippen LogP contribution in [0.25, 0.3) is 0 Å². The second kappa shape index (κ2) is 10.1. The van der Waals surface area contributed by atoms with E-state index in [-0.39, 0.29) is 59.5 Å². The van der Waals surface area contributed by atoms with E-state index in [0.717, 1.165) is 38.5 Å². The van der Waals surface area contributed by atoms with Crippen molar-refractivity contribution < 1.29 is 33.6 Å². The van der Waals surface area contributed by atoms with Gasteiger partial charge in [-0.3, -0.25) is 4.79 Å². The van der Waals surface area contributed by atoms with Gasteiger partial charge in [0.25, 0.3) is 0 Å². The Balaban J connectivity index is 1.24. The molecule has 0 unspecified atom stereocenters. The molecule has 1 spiro atoms. The quantitative estimate of drug-likeness (QED) is 0.328. The van der Waals surface area contributed by atoms with E-state index in [0.29, 0.717) is 36.2 Å². The van der Waals surface area contributed by atoms with Gasteiger partial charge in [0.05, 0.1) is 23.9 Å². The van der Waals surface area contributed by atoms with Gasteiger partial charge in [-0.2, -0.15) is 0 Å². The predicted octanol–water partition coefficient (Wildman–Crippen LogP) is 6.24. The van der Waals surface area contributed by atoms with Crippen molar-refractivity contribution in [2.45, 2.75) is 116 Å². The molecule has 1 aromatic rings. The molecule has 2 aliphatic heterocycles. The average Bonchev–Trinajstić information content (AvgIpc) is 3.42. The number of rotatable bonds is 3. The Hall–Kier alpha value is -2.22. The molecule has 0 bridgehead atoms. The Morgan fingerprint density at radius 3 is 2.44 bits per heavy atom. The van der Waals surface area contributed by atoms with Crippen LogP contribution in [0.5, 0.6) is 0 Å². The Bertz CT molecular complexity index is 1290. The molecule has 5 fully saturated rings. The molecule has 4 aliphatic carbocycles. The van der Waals surface area contributed by atoms with Crippen LogP contribution in [0, 0.1) is 40.4 Å². The van der Waals surface area contributed by atoms with Gasteiger partial charge in [0.2, 0.25) is 0 Å². The molecule has 7 rings (SSSR count). The molecule has 0 radical (unpaired) electrons. The van der Waals surface area contributed by atoms with Crippen LogP contribution in [0.2, 0.25) is 0 Å². The van der Waals surface area contributed by atoms with Crippen LogP contribution in [0.1, 0.15) is 96.3 Å². The number of hydrogen-bond donors (Lipinski definition) is 1. The number of carbonyl (C=O) groups excluding carboxylic acids is 2. The fourth-order valence-electron chi connectivity index (χ4n) is 10.7. The lowest BCUT2D eigenvalue weighted by Gasteiger charge is -2.61. The van der Waals surface area contributed by atoms with Crippen LogP contribution in [0.3, 0.4) is 0 Å². The minimum atomic E-state index is -0.842. The Morgan fingerprint density at radius 2 is 1.74 bits per heavy atom. The van der Waals surface area contributed by atoms with Gasteiger partial charge in [-0.05, 0) is 87.2 Å². The first-order chi connectivity index (χ1) is 20.4. The van der Waals surface area contributed by atoms with Crippen LogP contribution in [0.15, 0.2) is 42.0 Å². The number of esters is 2. The van der Waals surface area contributed by atoms with Gasteiger partial charge < -0.3 is 24.1 Å². The van der Waals surface area contributed by atoms with Crippen LogP contribution in [-0.4, -0.2) is 53.4 Å². The van der Waals surface area contributed by atoms with Crippen LogP contribution < -0.4 is 0 Å². The summed E-state index contributed by atoms with van der Waals surface area (Å²) >= 11 is 0. The topological polar surface area (TPSA) is 91.3 Å². The monoisotopic (exact) mass is 592 g/mol. The number of benzene rings is 1. The zero-order chi connectivity index (χ0) is 30.4. The van der Waals surface area contributed by atoms with E-state index in [2.05, 4.69) is 26.8 Å². The van der Waals surface area contributed by atoms with Gasteiger partial charge in [0.15, 0.2) is 5.79 Å². The lowest BCUT2D eigenvalue weighted by Crippen LogP contribution is -2.58. The number of hydrogen-bond acceptors (Lipinski definition) is 7. The van der Waals surface area contributed by atoms with Gasteiger partial charge in [-0.1, -0.05) is 50.6 Å². The van der Waals surface area contributed by atoms with Crippen molar-refractivity contribution in [1.82, 2.24) is 0 Å². The molecule has 3 saturated carbocycles. The van der Waals surface area contributed by atoms with Gasteiger partial charge in [-0.15, -0.1) is 0 Å². The lowest BCUT2D eigenvalue weighted by atomic mass is 9.44. The van der Waals surface area contributed by atoms with Crippen LogP contribution in [0.4, 0.5) is 0 Å². The number of carbonyl (C=O) groups is 2. The Morgan fingerprint density at radius 1 is 0.977 bits per heavy atom. The van der Waals surface area contributed by atoms with E-state index < -0.39 is 11.4 Å². The molecule has 1 aromatic carbocycles. The van der Waals surface area contributed by atoms with Gasteiger partial charge in [-0.25, -0.2) is 4.79 Å². The molecule has 12 atom stereocenters. The normalized spacial score (nSPS) is 48.4. The maximum Gasteiger partial charge on any atom is 0.338 e. The number of fused-ring (bicyclic) bond motifs is 7. The summed E-state index contributed by atoms with van der Waals surface area (Å²) in [6, 6.07) is 9.34. The summed E-state index contributed by atoms with van der Waals surface area (Å²) in [5, 5.41) is 10.6. The average molecular weight is 593 g/mol. The minimum absolute atomic E-state index is 0.000510. The molecule has 7 heteroatoms. The summed E-state index contributed by atoms with van der Waals surface area (Å²) in [4.78, 5) is 25.4. The van der Waals surface area contributed by atoms with Crippen LogP contribution >= 0.6 is 0 Å². The Kier molecular flexibility index (Phi) is 6.96. The molecular weight excluding hydrogens is 544 g/mol. The van der Waals surface area contributed by atoms with Crippen LogP contribution in [-0.2, 0) is 23.7 Å². The first kappa shape index (κ1) is 29.5. The van der Waals surface area contributed by atoms with Crippen molar-refractivity contribution >= 4 is 11.9 Å². The highest BCUT2D eigenvalue weighted by Gasteiger charge is 2.70. The predicted molar refractivity (Wildman–Crippen MR) is 160 cm³/mol. The SMILES string of the molecule is CC(=O)O[C@H]1CC[C@@]2(C)[C@@H](CC[C@H]3C4=C[C@@H]5O[C@]6(CC[C@](C)(O)CO6)[C@@H](C)[C@@H]5[C@@]4(C)[C@H](OC(=O)c4ccccc4)C[C@@H]32)C1. The first-order valence-corrected chi connectivity index (χ1v) is 16.6. The van der Waals surface area contributed by atoms with E-state index >= 15 is 0 Å². The summed E-state index contributed by atoms with van der Waals surface area (Å²) in [5.74, 6) is 0.268. The molecular formula is C36H48O7. The minimum Gasteiger partial charge on any atom is -0.463 e. The molecule has 1 N–H and O–H groups in total. The molecule has 0 aromatic heterocycles. The Labute approximate surface area is 255 Å². The zero-order valence-corrected chi connectivity index (χ0v) is 26.3. The van der Waals surface area contributed by atoms with Gasteiger partial charge in [0, 0.05) is 30.6 Å². The van der Waals surface area contributed by atoms with Crippen molar-refractivity contribution in [3.05, 3.63) is 47.5 Å². The smallest absolute Gasteiger partial charge is 0.338 e. The van der Waals surface area contributed by atoms with Crippen molar-refractivity contribution in [1.29, 1.82) is 0 Å². The van der Waals surface area contributed by atoms with Crippen molar-refractivity contribution in [3.63, 3.8) is 0 Å². The summed E-state index contributed by atoms with van der Waals surface area (Å²) in [7, 11) is 0. The molecule has 43 heavy (non-hydrogen) atoms. The van der Waals surface area contributed by atoms with Crippen molar-refractivity contribution in [2.75, 3.05) is 6.61 Å². The van der Waals surface area contributed by atoms with E-state index in [4.69, 9.17) is 18.9 Å². The lowest BCUT2D eigenvalue weighted by molar-refractivity contribution is -0.287. The zero-order valence-electron chi connectivity index (χ0n) is 26.3. The number of aliphatic hydroxyl groups is 1. The second-order valence-corrected chi connectivity index (χ2v) is 15.4. The third-order valence-corrected chi connectivity index (χ3v) is 13.0. The molecule has 6 aliphatic rings. The molecule has 7 nitrogen and oxygen atoms in total. The fraction of sp³-hybridized carbons (Fsp3) is 0.722. The summed E-state index contributed by atoms with van der Waals surface area (Å²) in [6.07, 6.45) is 9.11. The first-order valence-electron chi connectivity index (χ1n) is 16.6. The van der Waals surface area contributed by atoms with Gasteiger partial charge >= 0.3 is 11.9 Å².